The molecule has 0 spiro atoms. The number of nitrogens with two attached hydrogens (primary N) is 1. The van der Waals surface area contributed by atoms with Gasteiger partial charge in [0.2, 0.25) is 0 Å². The van der Waals surface area contributed by atoms with Crippen LogP contribution in [0.4, 0.5) is 18.9 Å². The van der Waals surface area contributed by atoms with Crippen molar-refractivity contribution in [3.63, 3.8) is 0 Å². The molecular weight excluding hydrogens is 383 g/mol. The lowest BCUT2D eigenvalue weighted by molar-refractivity contribution is -0.105. The summed E-state index contributed by atoms with van der Waals surface area (Å²) in [4.78, 5) is 16.6. The number of nitrogens with one attached hydrogen (secondary N) is 1. The fourth-order valence-corrected chi connectivity index (χ4v) is 3.13. The van der Waals surface area contributed by atoms with Gasteiger partial charge in [0.05, 0.1) is 11.4 Å². The van der Waals surface area contributed by atoms with E-state index in [1.54, 1.807) is 30.5 Å². The molecule has 4 nitrogen and oxygen atoms in total. The van der Waals surface area contributed by atoms with E-state index in [0.717, 1.165) is 5.56 Å². The van der Waals surface area contributed by atoms with Crippen molar-refractivity contribution in [3.8, 4) is 0 Å². The summed E-state index contributed by atoms with van der Waals surface area (Å²) in [5.41, 5.74) is 6.81. The monoisotopic (exact) mass is 397 g/mol. The normalized spacial score (nSPS) is 11.0. The molecule has 0 saturated carbocycles. The van der Waals surface area contributed by atoms with E-state index in [2.05, 4.69) is 10.3 Å². The third kappa shape index (κ3) is 5.97. The van der Waals surface area contributed by atoms with Crippen molar-refractivity contribution in [1.82, 2.24) is 4.98 Å². The number of rotatable bonds is 5. The first-order valence-electron chi connectivity index (χ1n) is 6.54. The van der Waals surface area contributed by atoms with Gasteiger partial charge in [0, 0.05) is 16.8 Å². The lowest BCUT2D eigenvalue weighted by Gasteiger charge is -2.12. The highest BCUT2D eigenvalue weighted by Gasteiger charge is 2.28. The number of alkyl halides is 3. The Kier molecular flexibility index (Phi) is 7.53. The molecule has 132 valence electrons. The van der Waals surface area contributed by atoms with E-state index < -0.39 is 17.8 Å². The van der Waals surface area contributed by atoms with Gasteiger partial charge in [-0.2, -0.15) is 13.2 Å². The summed E-state index contributed by atoms with van der Waals surface area (Å²) in [6, 6.07) is 4.89. The molecule has 1 aromatic carbocycles. The Morgan fingerprint density at radius 1 is 1.42 bits per heavy atom. The second-order valence-corrected chi connectivity index (χ2v) is 6.65. The molecule has 0 unspecified atom stereocenters. The average Bonchev–Trinajstić information content (AvgIpc) is 2.94. The number of hydrogen-bond acceptors (Lipinski definition) is 5. The Hall–Kier alpha value is -1.29. The van der Waals surface area contributed by atoms with Crippen molar-refractivity contribution >= 4 is 47.1 Å². The highest BCUT2D eigenvalue weighted by Crippen LogP contribution is 2.33. The summed E-state index contributed by atoms with van der Waals surface area (Å²) in [6.45, 7) is 2.03. The summed E-state index contributed by atoms with van der Waals surface area (Å²) in [5.74, 6) is -1.49. The summed E-state index contributed by atoms with van der Waals surface area (Å²) in [7, 11) is 0. The zero-order valence-electron chi connectivity index (χ0n) is 12.5. The predicted molar refractivity (Wildman–Crippen MR) is 93.2 cm³/mol. The number of hydrogen-bond donors (Lipinski definition) is 2. The van der Waals surface area contributed by atoms with Gasteiger partial charge in [-0.1, -0.05) is 6.07 Å². The Labute approximate surface area is 151 Å². The molecule has 0 saturated heterocycles. The maximum absolute atomic E-state index is 12.4. The van der Waals surface area contributed by atoms with Crippen LogP contribution in [0, 0.1) is 6.92 Å². The summed E-state index contributed by atoms with van der Waals surface area (Å²) in [5, 5.41) is 4.80. The van der Waals surface area contributed by atoms with Gasteiger partial charge in [-0.15, -0.1) is 35.5 Å². The molecule has 2 rings (SSSR count). The van der Waals surface area contributed by atoms with Gasteiger partial charge in [0.1, 0.15) is 10.7 Å². The van der Waals surface area contributed by atoms with E-state index >= 15 is 0 Å². The van der Waals surface area contributed by atoms with Gasteiger partial charge in [-0.3, -0.25) is 4.79 Å². The fraction of sp³-hybridized carbons (Fsp3) is 0.286. The van der Waals surface area contributed by atoms with Crippen LogP contribution in [0.2, 0.25) is 0 Å². The average molecular weight is 398 g/mol. The van der Waals surface area contributed by atoms with Crippen molar-refractivity contribution < 1.29 is 18.0 Å². The minimum Gasteiger partial charge on any atom is -0.325 e. The van der Waals surface area contributed by atoms with Gasteiger partial charge < -0.3 is 11.1 Å². The van der Waals surface area contributed by atoms with Crippen LogP contribution in [-0.4, -0.2) is 22.8 Å². The van der Waals surface area contributed by atoms with Gasteiger partial charge >= 0.3 is 6.18 Å². The molecule has 1 heterocycles. The van der Waals surface area contributed by atoms with Gasteiger partial charge in [-0.25, -0.2) is 4.98 Å². The van der Waals surface area contributed by atoms with Crippen LogP contribution in [0.15, 0.2) is 28.5 Å². The van der Waals surface area contributed by atoms with Gasteiger partial charge in [0.15, 0.2) is 0 Å². The van der Waals surface area contributed by atoms with E-state index in [9.17, 15) is 18.0 Å². The molecule has 10 heteroatoms. The lowest BCUT2D eigenvalue weighted by atomic mass is 10.2. The number of carbonyl (C=O) groups excluding carboxylic acids is 1. The molecule has 0 radical (unpaired) electrons. The van der Waals surface area contributed by atoms with Crippen LogP contribution in [0.25, 0.3) is 0 Å². The summed E-state index contributed by atoms with van der Waals surface area (Å²) < 4.78 is 37.2. The number of carbonyl (C=O) groups is 1. The Balaban J connectivity index is 0.00000288. The molecule has 24 heavy (non-hydrogen) atoms. The van der Waals surface area contributed by atoms with Crippen molar-refractivity contribution in [2.24, 2.45) is 5.73 Å². The predicted octanol–water partition coefficient (Wildman–Crippen LogP) is 4.24. The smallest absolute Gasteiger partial charge is 0.325 e. The second-order valence-electron chi connectivity index (χ2n) is 4.69. The topological polar surface area (TPSA) is 68.0 Å². The van der Waals surface area contributed by atoms with Gasteiger partial charge in [0.25, 0.3) is 5.91 Å². The van der Waals surface area contributed by atoms with Crippen molar-refractivity contribution in [3.05, 3.63) is 39.8 Å². The minimum absolute atomic E-state index is 0. The first-order chi connectivity index (χ1) is 10.8. The number of thioether (sulfide) groups is 1. The van der Waals surface area contributed by atoms with E-state index in [1.807, 2.05) is 0 Å². The third-order valence-corrected chi connectivity index (χ3v) is 4.74. The zero-order chi connectivity index (χ0) is 17.0. The third-order valence-electron chi connectivity index (χ3n) is 2.73. The largest absolute Gasteiger partial charge is 0.398 e. The molecule has 0 bridgehead atoms. The van der Waals surface area contributed by atoms with E-state index in [-0.39, 0.29) is 24.6 Å². The molecule has 0 aliphatic carbocycles. The number of thiazole rings is 1. The molecule has 0 aliphatic rings. The molecule has 0 atom stereocenters. The number of halogens is 4. The van der Waals surface area contributed by atoms with E-state index in [0.29, 0.717) is 27.4 Å². The van der Waals surface area contributed by atoms with Crippen molar-refractivity contribution in [2.45, 2.75) is 24.5 Å². The fourth-order valence-electron chi connectivity index (χ4n) is 1.72. The zero-order valence-corrected chi connectivity index (χ0v) is 15.0. The molecule has 2 aromatic rings. The Morgan fingerprint density at radius 2 is 2.12 bits per heavy atom. The maximum Gasteiger partial charge on any atom is 0.398 e. The SMILES string of the molecule is Cc1ccc(SCC(F)(F)F)c(NC(=O)c2csc(CN)n2)c1.Cl. The number of benzene rings is 1. The van der Waals surface area contributed by atoms with E-state index in [1.165, 1.54) is 11.3 Å². The number of amides is 1. The number of nitrogens with zero attached hydrogens (tertiary/aromatic N) is 1. The van der Waals surface area contributed by atoms with Crippen LogP contribution in [0.5, 0.6) is 0 Å². The highest BCUT2D eigenvalue weighted by atomic mass is 35.5. The van der Waals surface area contributed by atoms with E-state index in [4.69, 9.17) is 5.73 Å². The number of aromatic nitrogens is 1. The van der Waals surface area contributed by atoms with Crippen LogP contribution < -0.4 is 11.1 Å². The highest BCUT2D eigenvalue weighted by molar-refractivity contribution is 7.99. The van der Waals surface area contributed by atoms with Gasteiger partial charge in [-0.05, 0) is 24.6 Å². The van der Waals surface area contributed by atoms with Crippen molar-refractivity contribution in [1.29, 1.82) is 0 Å². The number of anilines is 1. The van der Waals surface area contributed by atoms with Crippen LogP contribution in [-0.2, 0) is 6.54 Å². The molecule has 1 amide bonds. The first kappa shape index (κ1) is 20.8. The molecule has 0 aliphatic heterocycles. The minimum atomic E-state index is -4.28. The van der Waals surface area contributed by atoms with Crippen LogP contribution in [0.3, 0.4) is 0 Å². The lowest BCUT2D eigenvalue weighted by Crippen LogP contribution is -2.14. The van der Waals surface area contributed by atoms with Crippen LogP contribution in [0.1, 0.15) is 21.1 Å². The Morgan fingerprint density at radius 3 is 2.71 bits per heavy atom. The molecule has 0 fully saturated rings. The molecular formula is C14H15ClF3N3OS2. The Bertz CT molecular complexity index is 707. The first-order valence-corrected chi connectivity index (χ1v) is 8.41. The maximum atomic E-state index is 12.4. The van der Waals surface area contributed by atoms with Crippen LogP contribution >= 0.6 is 35.5 Å². The molecule has 3 N–H and O–H groups in total. The molecule has 1 aromatic heterocycles. The summed E-state index contributed by atoms with van der Waals surface area (Å²) in [6.07, 6.45) is -4.28. The standard InChI is InChI=1S/C14H14F3N3OS2.ClH/c1-8-2-3-11(23-7-14(15,16)17)9(4-8)20-13(21)10-6-22-12(5-18)19-10;/h2-4,6H,5,7,18H2,1H3,(H,20,21);1H. The van der Waals surface area contributed by atoms with Crippen molar-refractivity contribution in [2.75, 3.05) is 11.1 Å². The summed E-state index contributed by atoms with van der Waals surface area (Å²) >= 11 is 1.89. The second kappa shape index (κ2) is 8.70. The quantitative estimate of drug-likeness (QED) is 0.740. The number of aryl methyl sites for hydroxylation is 1.